The van der Waals surface area contributed by atoms with Crippen molar-refractivity contribution in [1.82, 2.24) is 0 Å². The van der Waals surface area contributed by atoms with Crippen LogP contribution in [-0.2, 0) is 11.2 Å². The molecule has 0 amide bonds. The van der Waals surface area contributed by atoms with Crippen LogP contribution in [0.5, 0.6) is 11.5 Å². The predicted molar refractivity (Wildman–Crippen MR) is 53.3 cm³/mol. The summed E-state index contributed by atoms with van der Waals surface area (Å²) in [5.74, 6) is 0.705. The van der Waals surface area contributed by atoms with Crippen LogP contribution in [0.25, 0.3) is 0 Å². The minimum absolute atomic E-state index is 0.139. The lowest BCUT2D eigenvalue weighted by Gasteiger charge is -2.06. The second kappa shape index (κ2) is 3.81. The van der Waals surface area contributed by atoms with E-state index in [0.29, 0.717) is 6.42 Å². The summed E-state index contributed by atoms with van der Waals surface area (Å²) < 4.78 is 10.5. The van der Waals surface area contributed by atoms with Crippen molar-refractivity contribution in [2.24, 2.45) is 0 Å². The van der Waals surface area contributed by atoms with Gasteiger partial charge in [-0.2, -0.15) is 0 Å². The highest BCUT2D eigenvalue weighted by atomic mass is 16.7. The summed E-state index contributed by atoms with van der Waals surface area (Å²) in [6, 6.07) is 3.72. The van der Waals surface area contributed by atoms with Crippen molar-refractivity contribution in [3.63, 3.8) is 0 Å². The van der Waals surface area contributed by atoms with Gasteiger partial charge in [-0.15, -0.1) is 0 Å². The zero-order chi connectivity index (χ0) is 10.8. The summed E-state index contributed by atoms with van der Waals surface area (Å²) in [5, 5.41) is 8.60. The number of aliphatic carboxylic acids is 1. The molecule has 0 unspecified atom stereocenters. The Hall–Kier alpha value is -1.71. The molecule has 1 N–H and O–H groups in total. The third-order valence-corrected chi connectivity index (χ3v) is 2.51. The summed E-state index contributed by atoms with van der Waals surface area (Å²) in [7, 11) is 0. The van der Waals surface area contributed by atoms with E-state index in [-0.39, 0.29) is 13.2 Å². The Morgan fingerprint density at radius 3 is 3.00 bits per heavy atom. The molecule has 4 heteroatoms. The molecule has 1 aliphatic heterocycles. The Morgan fingerprint density at radius 2 is 2.27 bits per heavy atom. The van der Waals surface area contributed by atoms with Crippen molar-refractivity contribution in [2.45, 2.75) is 19.8 Å². The van der Waals surface area contributed by atoms with E-state index in [1.807, 2.05) is 19.1 Å². The molecule has 1 heterocycles. The third kappa shape index (κ3) is 1.88. The largest absolute Gasteiger partial charge is 0.481 e. The number of carboxylic acid groups (broad SMARTS) is 1. The first-order valence-electron chi connectivity index (χ1n) is 4.78. The minimum Gasteiger partial charge on any atom is -0.481 e. The molecule has 0 saturated carbocycles. The van der Waals surface area contributed by atoms with E-state index in [1.165, 1.54) is 0 Å². The number of carbonyl (C=O) groups is 1. The molecule has 1 aromatic rings. The van der Waals surface area contributed by atoms with Crippen LogP contribution < -0.4 is 9.47 Å². The molecular weight excluding hydrogens is 196 g/mol. The number of aryl methyl sites for hydroxylation is 1. The fourth-order valence-corrected chi connectivity index (χ4v) is 1.66. The van der Waals surface area contributed by atoms with E-state index in [9.17, 15) is 4.79 Å². The van der Waals surface area contributed by atoms with E-state index >= 15 is 0 Å². The summed E-state index contributed by atoms with van der Waals surface area (Å²) in [5.41, 5.74) is 1.98. The molecule has 4 nitrogen and oxygen atoms in total. The zero-order valence-electron chi connectivity index (χ0n) is 8.45. The molecule has 80 valence electrons. The second-order valence-corrected chi connectivity index (χ2v) is 3.48. The monoisotopic (exact) mass is 208 g/mol. The highest BCUT2D eigenvalue weighted by Crippen LogP contribution is 2.37. The van der Waals surface area contributed by atoms with Gasteiger partial charge >= 0.3 is 5.97 Å². The van der Waals surface area contributed by atoms with Gasteiger partial charge in [-0.1, -0.05) is 6.07 Å². The number of benzene rings is 1. The maximum Gasteiger partial charge on any atom is 0.303 e. The predicted octanol–water partition coefficient (Wildman–Crippen LogP) is 1.74. The van der Waals surface area contributed by atoms with Crippen molar-refractivity contribution in [3.8, 4) is 11.5 Å². The van der Waals surface area contributed by atoms with Crippen molar-refractivity contribution < 1.29 is 19.4 Å². The van der Waals surface area contributed by atoms with Crippen LogP contribution in [-0.4, -0.2) is 17.9 Å². The Bertz CT molecular complexity index is 398. The lowest BCUT2D eigenvalue weighted by Crippen LogP contribution is -1.99. The molecule has 2 rings (SSSR count). The van der Waals surface area contributed by atoms with Gasteiger partial charge in [-0.25, -0.2) is 0 Å². The Labute approximate surface area is 87.4 Å². The molecule has 15 heavy (non-hydrogen) atoms. The second-order valence-electron chi connectivity index (χ2n) is 3.48. The summed E-state index contributed by atoms with van der Waals surface area (Å²) >= 11 is 0. The first-order chi connectivity index (χ1) is 7.18. The Balaban J connectivity index is 2.22. The van der Waals surface area contributed by atoms with Crippen LogP contribution in [0.1, 0.15) is 17.5 Å². The smallest absolute Gasteiger partial charge is 0.303 e. The van der Waals surface area contributed by atoms with Gasteiger partial charge in [-0.3, -0.25) is 4.79 Å². The molecule has 1 aliphatic rings. The average Bonchev–Trinajstić information content (AvgIpc) is 2.65. The van der Waals surface area contributed by atoms with Gasteiger partial charge in [0, 0.05) is 6.42 Å². The van der Waals surface area contributed by atoms with Crippen LogP contribution in [0.4, 0.5) is 0 Å². The number of carboxylic acids is 1. The number of fused-ring (bicyclic) bond motifs is 1. The van der Waals surface area contributed by atoms with Gasteiger partial charge < -0.3 is 14.6 Å². The Kier molecular flexibility index (Phi) is 2.49. The number of rotatable bonds is 3. The maximum atomic E-state index is 10.5. The third-order valence-electron chi connectivity index (χ3n) is 2.51. The van der Waals surface area contributed by atoms with Crippen LogP contribution >= 0.6 is 0 Å². The van der Waals surface area contributed by atoms with Gasteiger partial charge in [0.15, 0.2) is 11.5 Å². The highest BCUT2D eigenvalue weighted by molar-refractivity contribution is 5.67. The van der Waals surface area contributed by atoms with E-state index in [1.54, 1.807) is 0 Å². The molecule has 0 fully saturated rings. The zero-order valence-corrected chi connectivity index (χ0v) is 8.45. The number of hydrogen-bond donors (Lipinski definition) is 1. The van der Waals surface area contributed by atoms with Crippen LogP contribution in [0.3, 0.4) is 0 Å². The molecule has 0 aromatic heterocycles. The number of hydrogen-bond acceptors (Lipinski definition) is 3. The standard InChI is InChI=1S/C11H12O4/c1-7-8(3-5-10(12)13)2-4-9-11(7)15-6-14-9/h2,4H,3,5-6H2,1H3,(H,12,13). The van der Waals surface area contributed by atoms with Gasteiger partial charge in [0.05, 0.1) is 0 Å². The normalized spacial score (nSPS) is 12.9. The van der Waals surface area contributed by atoms with Crippen molar-refractivity contribution in [3.05, 3.63) is 23.3 Å². The van der Waals surface area contributed by atoms with Gasteiger partial charge in [-0.05, 0) is 30.5 Å². The molecule has 0 atom stereocenters. The van der Waals surface area contributed by atoms with Crippen molar-refractivity contribution >= 4 is 5.97 Å². The first kappa shape index (κ1) is 9.83. The molecule has 0 spiro atoms. The maximum absolute atomic E-state index is 10.5. The molecule has 0 aliphatic carbocycles. The van der Waals surface area contributed by atoms with Gasteiger partial charge in [0.2, 0.25) is 6.79 Å². The van der Waals surface area contributed by atoms with Crippen LogP contribution in [0.2, 0.25) is 0 Å². The minimum atomic E-state index is -0.785. The summed E-state index contributed by atoms with van der Waals surface area (Å²) in [4.78, 5) is 10.5. The van der Waals surface area contributed by atoms with Crippen LogP contribution in [0.15, 0.2) is 12.1 Å². The fourth-order valence-electron chi connectivity index (χ4n) is 1.66. The topological polar surface area (TPSA) is 55.8 Å². The molecule has 1 aromatic carbocycles. The van der Waals surface area contributed by atoms with E-state index in [0.717, 1.165) is 22.6 Å². The quantitative estimate of drug-likeness (QED) is 0.822. The summed E-state index contributed by atoms with van der Waals surface area (Å²) in [6.07, 6.45) is 0.665. The lowest BCUT2D eigenvalue weighted by atomic mass is 10.0. The molecule has 0 bridgehead atoms. The van der Waals surface area contributed by atoms with E-state index < -0.39 is 5.97 Å². The SMILES string of the molecule is Cc1c(CCC(=O)O)ccc2c1OCO2. The molecule has 0 radical (unpaired) electrons. The van der Waals surface area contributed by atoms with Crippen LogP contribution in [0, 0.1) is 6.92 Å². The van der Waals surface area contributed by atoms with Crippen molar-refractivity contribution in [1.29, 1.82) is 0 Å². The molecular formula is C11H12O4. The van der Waals surface area contributed by atoms with Gasteiger partial charge in [0.25, 0.3) is 0 Å². The highest BCUT2D eigenvalue weighted by Gasteiger charge is 2.17. The first-order valence-corrected chi connectivity index (χ1v) is 4.78. The summed E-state index contributed by atoms with van der Waals surface area (Å²) in [6.45, 7) is 2.17. The van der Waals surface area contributed by atoms with Crippen molar-refractivity contribution in [2.75, 3.05) is 6.79 Å². The van der Waals surface area contributed by atoms with E-state index in [4.69, 9.17) is 14.6 Å². The number of ether oxygens (including phenoxy) is 2. The average molecular weight is 208 g/mol. The fraction of sp³-hybridized carbons (Fsp3) is 0.364. The lowest BCUT2D eigenvalue weighted by molar-refractivity contribution is -0.136. The van der Waals surface area contributed by atoms with E-state index in [2.05, 4.69) is 0 Å². The van der Waals surface area contributed by atoms with Gasteiger partial charge in [0.1, 0.15) is 0 Å². The Morgan fingerprint density at radius 1 is 1.47 bits per heavy atom. The molecule has 0 saturated heterocycles.